The molecule has 0 spiro atoms. The van der Waals surface area contributed by atoms with E-state index in [9.17, 15) is 9.59 Å². The van der Waals surface area contributed by atoms with Crippen LogP contribution >= 0.6 is 0 Å². The van der Waals surface area contributed by atoms with Crippen molar-refractivity contribution in [1.82, 2.24) is 9.55 Å². The zero-order chi connectivity index (χ0) is 20.4. The minimum Gasteiger partial charge on any atom is -0.321 e. The number of rotatable bonds is 4. The predicted molar refractivity (Wildman–Crippen MR) is 115 cm³/mol. The van der Waals surface area contributed by atoms with E-state index in [0.717, 1.165) is 27.7 Å². The van der Waals surface area contributed by atoms with Gasteiger partial charge in [-0.1, -0.05) is 48.0 Å². The minimum atomic E-state index is -0.427. The molecule has 29 heavy (non-hydrogen) atoms. The van der Waals surface area contributed by atoms with Crippen molar-refractivity contribution >= 4 is 22.5 Å². The van der Waals surface area contributed by atoms with Crippen LogP contribution in [0.15, 0.2) is 77.7 Å². The molecule has 0 aliphatic heterocycles. The van der Waals surface area contributed by atoms with Gasteiger partial charge in [0.05, 0.1) is 17.7 Å². The average molecular weight is 383 g/mol. The number of para-hydroxylation sites is 1. The maximum Gasteiger partial charge on any atom is 0.263 e. The molecule has 0 aliphatic carbocycles. The summed E-state index contributed by atoms with van der Waals surface area (Å²) in [4.78, 5) is 30.3. The van der Waals surface area contributed by atoms with E-state index in [1.807, 2.05) is 68.4 Å². The van der Waals surface area contributed by atoms with Crippen molar-refractivity contribution < 1.29 is 4.79 Å². The molecule has 5 heteroatoms. The Morgan fingerprint density at radius 3 is 2.55 bits per heavy atom. The fourth-order valence-electron chi connectivity index (χ4n) is 3.33. The van der Waals surface area contributed by atoms with Gasteiger partial charge in [0.15, 0.2) is 0 Å². The van der Waals surface area contributed by atoms with E-state index < -0.39 is 5.91 Å². The van der Waals surface area contributed by atoms with Gasteiger partial charge in [0.25, 0.3) is 11.5 Å². The molecule has 0 aliphatic rings. The number of nitrogens with one attached hydrogen (secondary N) is 1. The number of carbonyl (C=O) groups excluding carboxylic acids is 1. The highest BCUT2D eigenvalue weighted by molar-refractivity contribution is 6.08. The number of nitrogens with zero attached hydrogens (tertiary/aromatic N) is 2. The molecule has 0 bridgehead atoms. The van der Waals surface area contributed by atoms with E-state index in [-0.39, 0.29) is 11.1 Å². The summed E-state index contributed by atoms with van der Waals surface area (Å²) < 4.78 is 1.55. The number of aryl methyl sites for hydroxylation is 2. The highest BCUT2D eigenvalue weighted by atomic mass is 16.2. The second kappa shape index (κ2) is 7.72. The summed E-state index contributed by atoms with van der Waals surface area (Å²) in [5.74, 6) is -0.427. The summed E-state index contributed by atoms with van der Waals surface area (Å²) in [7, 11) is 0. The highest BCUT2D eigenvalue weighted by Gasteiger charge is 2.14. The van der Waals surface area contributed by atoms with Gasteiger partial charge in [-0.25, -0.2) is 0 Å². The quantitative estimate of drug-likeness (QED) is 0.571. The first-order valence-electron chi connectivity index (χ1n) is 9.44. The van der Waals surface area contributed by atoms with Crippen LogP contribution in [0.5, 0.6) is 0 Å². The van der Waals surface area contributed by atoms with E-state index in [0.29, 0.717) is 12.2 Å². The molecule has 0 fully saturated rings. The molecule has 2 aromatic carbocycles. The standard InChI is InChI=1S/C24H21N3O2/c1-16-9-11-18(12-10-16)15-27-13-5-7-20(24(27)29)23(28)26-22-14-17(2)25-21-8-4-3-6-19(21)22/h3-14H,15H2,1-2H3,(H,25,26,28). The van der Waals surface area contributed by atoms with Gasteiger partial charge in [0.1, 0.15) is 5.56 Å². The van der Waals surface area contributed by atoms with Crippen LogP contribution < -0.4 is 10.9 Å². The number of hydrogen-bond donors (Lipinski definition) is 1. The summed E-state index contributed by atoms with van der Waals surface area (Å²) in [6.45, 7) is 4.31. The fourth-order valence-corrected chi connectivity index (χ4v) is 3.33. The number of amides is 1. The Morgan fingerprint density at radius 1 is 1.00 bits per heavy atom. The van der Waals surface area contributed by atoms with Crippen molar-refractivity contribution in [2.45, 2.75) is 20.4 Å². The van der Waals surface area contributed by atoms with Crippen molar-refractivity contribution in [3.05, 3.63) is 106 Å². The van der Waals surface area contributed by atoms with Gasteiger partial charge in [0, 0.05) is 17.3 Å². The number of benzene rings is 2. The maximum absolute atomic E-state index is 12.9. The Morgan fingerprint density at radius 2 is 1.76 bits per heavy atom. The third-order valence-electron chi connectivity index (χ3n) is 4.83. The van der Waals surface area contributed by atoms with Crippen LogP contribution in [0.25, 0.3) is 10.9 Å². The fraction of sp³-hybridized carbons (Fsp3) is 0.125. The van der Waals surface area contributed by atoms with Crippen molar-refractivity contribution in [2.24, 2.45) is 0 Å². The Labute approximate surface area is 168 Å². The van der Waals surface area contributed by atoms with Crippen molar-refractivity contribution in [1.29, 1.82) is 0 Å². The van der Waals surface area contributed by atoms with E-state index in [4.69, 9.17) is 0 Å². The van der Waals surface area contributed by atoms with E-state index >= 15 is 0 Å². The van der Waals surface area contributed by atoms with Crippen LogP contribution in [-0.2, 0) is 6.54 Å². The van der Waals surface area contributed by atoms with Gasteiger partial charge >= 0.3 is 0 Å². The zero-order valence-electron chi connectivity index (χ0n) is 16.3. The molecule has 2 heterocycles. The molecular formula is C24H21N3O2. The topological polar surface area (TPSA) is 64.0 Å². The minimum absolute atomic E-state index is 0.109. The lowest BCUT2D eigenvalue weighted by atomic mass is 10.1. The molecule has 0 saturated heterocycles. The molecule has 4 aromatic rings. The normalized spacial score (nSPS) is 10.8. The Balaban J connectivity index is 1.65. The van der Waals surface area contributed by atoms with E-state index in [1.54, 1.807) is 22.9 Å². The molecule has 5 nitrogen and oxygen atoms in total. The van der Waals surface area contributed by atoms with Crippen LogP contribution in [0.2, 0.25) is 0 Å². The molecule has 1 N–H and O–H groups in total. The van der Waals surface area contributed by atoms with Crippen LogP contribution in [0.1, 0.15) is 27.2 Å². The van der Waals surface area contributed by atoms with Gasteiger partial charge < -0.3 is 9.88 Å². The molecule has 1 amide bonds. The van der Waals surface area contributed by atoms with Gasteiger partial charge in [-0.15, -0.1) is 0 Å². The van der Waals surface area contributed by atoms with Gasteiger partial charge in [-0.3, -0.25) is 14.6 Å². The molecule has 144 valence electrons. The third kappa shape index (κ3) is 3.94. The number of fused-ring (bicyclic) bond motifs is 1. The number of pyridine rings is 2. The first-order chi connectivity index (χ1) is 14.0. The van der Waals surface area contributed by atoms with E-state index in [2.05, 4.69) is 10.3 Å². The molecule has 4 rings (SSSR count). The maximum atomic E-state index is 12.9. The van der Waals surface area contributed by atoms with Crippen molar-refractivity contribution in [3.63, 3.8) is 0 Å². The first-order valence-corrected chi connectivity index (χ1v) is 9.44. The van der Waals surface area contributed by atoms with Crippen LogP contribution in [0, 0.1) is 13.8 Å². The molecule has 0 saturated carbocycles. The molecule has 0 unspecified atom stereocenters. The summed E-state index contributed by atoms with van der Waals surface area (Å²) in [5.41, 5.74) is 4.20. The predicted octanol–water partition coefficient (Wildman–Crippen LogP) is 4.31. The Bertz CT molecular complexity index is 1260. The SMILES string of the molecule is Cc1ccc(Cn2cccc(C(=O)Nc3cc(C)nc4ccccc34)c2=O)cc1. The van der Waals surface area contributed by atoms with Gasteiger partial charge in [-0.05, 0) is 43.7 Å². The Hall–Kier alpha value is -3.73. The number of aromatic nitrogens is 2. The van der Waals surface area contributed by atoms with Crippen LogP contribution in [-0.4, -0.2) is 15.5 Å². The molecule has 0 atom stereocenters. The van der Waals surface area contributed by atoms with Crippen molar-refractivity contribution in [3.8, 4) is 0 Å². The summed E-state index contributed by atoms with van der Waals surface area (Å²) in [6, 6.07) is 20.7. The first kappa shape index (κ1) is 18.6. The van der Waals surface area contributed by atoms with E-state index in [1.165, 1.54) is 0 Å². The smallest absolute Gasteiger partial charge is 0.263 e. The van der Waals surface area contributed by atoms with Gasteiger partial charge in [-0.2, -0.15) is 0 Å². The van der Waals surface area contributed by atoms with Crippen LogP contribution in [0.4, 0.5) is 5.69 Å². The van der Waals surface area contributed by atoms with Crippen molar-refractivity contribution in [2.75, 3.05) is 5.32 Å². The summed E-state index contributed by atoms with van der Waals surface area (Å²) in [5, 5.41) is 3.72. The number of anilines is 1. The second-order valence-corrected chi connectivity index (χ2v) is 7.12. The largest absolute Gasteiger partial charge is 0.321 e. The molecule has 2 aromatic heterocycles. The zero-order valence-corrected chi connectivity index (χ0v) is 16.3. The molecule has 0 radical (unpaired) electrons. The number of hydrogen-bond acceptors (Lipinski definition) is 3. The van der Waals surface area contributed by atoms with Crippen LogP contribution in [0.3, 0.4) is 0 Å². The lowest BCUT2D eigenvalue weighted by Crippen LogP contribution is -2.29. The third-order valence-corrected chi connectivity index (χ3v) is 4.83. The second-order valence-electron chi connectivity index (χ2n) is 7.12. The summed E-state index contributed by atoms with van der Waals surface area (Å²) >= 11 is 0. The summed E-state index contributed by atoms with van der Waals surface area (Å²) in [6.07, 6.45) is 1.70. The van der Waals surface area contributed by atoms with Gasteiger partial charge in [0.2, 0.25) is 0 Å². The lowest BCUT2D eigenvalue weighted by Gasteiger charge is -2.11. The lowest BCUT2D eigenvalue weighted by molar-refractivity contribution is 0.102. The Kier molecular flexibility index (Phi) is 4.96. The average Bonchev–Trinajstić information content (AvgIpc) is 2.71. The highest BCUT2D eigenvalue weighted by Crippen LogP contribution is 2.23. The molecular weight excluding hydrogens is 362 g/mol. The number of carbonyl (C=O) groups is 1. The monoisotopic (exact) mass is 383 g/mol.